The molecule has 2 heterocycles. The number of carbonyl (C=O) groups excluding carboxylic acids is 1. The van der Waals surface area contributed by atoms with Crippen LogP contribution in [-0.2, 0) is 6.18 Å². The van der Waals surface area contributed by atoms with E-state index < -0.39 is 17.6 Å². The molecular formula is C15H9F3N4O2. The van der Waals surface area contributed by atoms with E-state index in [1.165, 1.54) is 36.5 Å². The molecule has 1 amide bonds. The number of carbonyl (C=O) groups is 1. The predicted octanol–water partition coefficient (Wildman–Crippen LogP) is 2.92. The Balaban J connectivity index is 2.04. The van der Waals surface area contributed by atoms with Gasteiger partial charge in [0.15, 0.2) is 0 Å². The maximum Gasteiger partial charge on any atom is 0.417 e. The highest BCUT2D eigenvalue weighted by molar-refractivity contribution is 5.91. The maximum absolute atomic E-state index is 13.1. The van der Waals surface area contributed by atoms with Gasteiger partial charge in [-0.15, -0.1) is 0 Å². The number of pyridine rings is 1. The summed E-state index contributed by atoms with van der Waals surface area (Å²) in [5.74, 6) is -1.01. The van der Waals surface area contributed by atoms with Crippen LogP contribution in [0.25, 0.3) is 22.8 Å². The zero-order valence-electron chi connectivity index (χ0n) is 11.9. The normalized spacial score (nSPS) is 11.5. The van der Waals surface area contributed by atoms with Crippen LogP contribution in [0.2, 0.25) is 0 Å². The number of hydrogen-bond donors (Lipinski definition) is 1. The van der Waals surface area contributed by atoms with Crippen LogP contribution in [0.1, 0.15) is 16.1 Å². The van der Waals surface area contributed by atoms with Crippen LogP contribution in [0.4, 0.5) is 13.2 Å². The monoisotopic (exact) mass is 334 g/mol. The smallest absolute Gasteiger partial charge is 0.364 e. The highest BCUT2D eigenvalue weighted by Gasteiger charge is 2.34. The molecule has 2 N–H and O–H groups in total. The third-order valence-electron chi connectivity index (χ3n) is 3.16. The molecule has 0 unspecified atom stereocenters. The van der Waals surface area contributed by atoms with E-state index in [2.05, 4.69) is 15.1 Å². The van der Waals surface area contributed by atoms with Crippen LogP contribution < -0.4 is 5.73 Å². The highest BCUT2D eigenvalue weighted by Crippen LogP contribution is 2.36. The number of hydrogen-bond acceptors (Lipinski definition) is 5. The number of benzene rings is 1. The van der Waals surface area contributed by atoms with Crippen LogP contribution >= 0.6 is 0 Å². The van der Waals surface area contributed by atoms with Crippen molar-refractivity contribution in [2.45, 2.75) is 6.18 Å². The van der Waals surface area contributed by atoms with Crippen molar-refractivity contribution in [2.24, 2.45) is 5.73 Å². The Labute approximate surface area is 133 Å². The van der Waals surface area contributed by atoms with Gasteiger partial charge in [-0.25, -0.2) is 0 Å². The van der Waals surface area contributed by atoms with Crippen LogP contribution in [0, 0.1) is 0 Å². The molecule has 0 fully saturated rings. The molecule has 0 radical (unpaired) electrons. The van der Waals surface area contributed by atoms with Gasteiger partial charge in [0.05, 0.1) is 5.56 Å². The second-order valence-electron chi connectivity index (χ2n) is 4.76. The fraction of sp³-hybridized carbons (Fsp3) is 0.0667. The van der Waals surface area contributed by atoms with E-state index in [0.29, 0.717) is 5.56 Å². The van der Waals surface area contributed by atoms with E-state index in [0.717, 1.165) is 6.07 Å². The van der Waals surface area contributed by atoms with Crippen LogP contribution in [-0.4, -0.2) is 21.0 Å². The number of alkyl halides is 3. The van der Waals surface area contributed by atoms with Crippen molar-refractivity contribution in [3.05, 3.63) is 53.9 Å². The van der Waals surface area contributed by atoms with Crippen molar-refractivity contribution < 1.29 is 22.5 Å². The Hall–Kier alpha value is -3.23. The number of nitrogens with two attached hydrogens (primary N) is 1. The summed E-state index contributed by atoms with van der Waals surface area (Å²) in [6.45, 7) is 0. The first-order chi connectivity index (χ1) is 11.4. The molecule has 3 aromatic rings. The fourth-order valence-corrected chi connectivity index (χ4v) is 2.07. The molecule has 0 spiro atoms. The SMILES string of the molecule is NC(=O)c1cc(-c2nc(-c3ccccc3C(F)(F)F)no2)ccn1. The Kier molecular flexibility index (Phi) is 3.76. The van der Waals surface area contributed by atoms with E-state index in [-0.39, 0.29) is 23.0 Å². The number of rotatable bonds is 3. The van der Waals surface area contributed by atoms with Gasteiger partial charge in [0.2, 0.25) is 5.82 Å². The molecule has 0 bridgehead atoms. The second kappa shape index (κ2) is 5.76. The van der Waals surface area contributed by atoms with Crippen molar-refractivity contribution in [3.8, 4) is 22.8 Å². The topological polar surface area (TPSA) is 94.9 Å². The van der Waals surface area contributed by atoms with E-state index in [9.17, 15) is 18.0 Å². The molecule has 6 nitrogen and oxygen atoms in total. The number of primary amides is 1. The molecule has 122 valence electrons. The highest BCUT2D eigenvalue weighted by atomic mass is 19.4. The summed E-state index contributed by atoms with van der Waals surface area (Å²) in [5, 5.41) is 3.59. The van der Waals surface area contributed by atoms with Crippen LogP contribution in [0.15, 0.2) is 47.1 Å². The number of halogens is 3. The van der Waals surface area contributed by atoms with E-state index in [1.54, 1.807) is 0 Å². The minimum Gasteiger partial charge on any atom is -0.364 e. The predicted molar refractivity (Wildman–Crippen MR) is 76.5 cm³/mol. The number of aromatic nitrogens is 3. The fourth-order valence-electron chi connectivity index (χ4n) is 2.07. The van der Waals surface area contributed by atoms with Crippen molar-refractivity contribution in [1.29, 1.82) is 0 Å². The zero-order valence-corrected chi connectivity index (χ0v) is 11.9. The molecule has 0 aliphatic carbocycles. The summed E-state index contributed by atoms with van der Waals surface area (Å²) < 4.78 is 44.2. The van der Waals surface area contributed by atoms with Gasteiger partial charge in [0.1, 0.15) is 5.69 Å². The van der Waals surface area contributed by atoms with Gasteiger partial charge < -0.3 is 10.3 Å². The summed E-state index contributed by atoms with van der Waals surface area (Å²) in [6.07, 6.45) is -3.24. The van der Waals surface area contributed by atoms with Crippen molar-refractivity contribution in [3.63, 3.8) is 0 Å². The van der Waals surface area contributed by atoms with Crippen LogP contribution in [0.5, 0.6) is 0 Å². The van der Waals surface area contributed by atoms with Crippen LogP contribution in [0.3, 0.4) is 0 Å². The quantitative estimate of drug-likeness (QED) is 0.794. The summed E-state index contributed by atoms with van der Waals surface area (Å²) in [4.78, 5) is 18.9. The standard InChI is InChI=1S/C15H9F3N4O2/c16-15(17,18)10-4-2-1-3-9(10)13-21-14(24-22-13)8-5-6-20-11(7-8)12(19)23/h1-7H,(H2,19,23). The van der Waals surface area contributed by atoms with Crippen molar-refractivity contribution >= 4 is 5.91 Å². The van der Waals surface area contributed by atoms with Gasteiger partial charge in [0.25, 0.3) is 11.8 Å². The van der Waals surface area contributed by atoms with Gasteiger partial charge in [-0.05, 0) is 18.2 Å². The summed E-state index contributed by atoms with van der Waals surface area (Å²) in [5.41, 5.74) is 4.35. The first-order valence-electron chi connectivity index (χ1n) is 6.63. The van der Waals surface area contributed by atoms with Crippen molar-refractivity contribution in [2.75, 3.05) is 0 Å². The average molecular weight is 334 g/mol. The summed E-state index contributed by atoms with van der Waals surface area (Å²) >= 11 is 0. The molecule has 1 aromatic carbocycles. The first-order valence-corrected chi connectivity index (χ1v) is 6.63. The molecule has 0 atom stereocenters. The minimum atomic E-state index is -4.55. The van der Waals surface area contributed by atoms with E-state index in [4.69, 9.17) is 10.3 Å². The van der Waals surface area contributed by atoms with Gasteiger partial charge in [-0.2, -0.15) is 18.2 Å². The molecular weight excluding hydrogens is 325 g/mol. The third-order valence-corrected chi connectivity index (χ3v) is 3.16. The zero-order chi connectivity index (χ0) is 17.3. The minimum absolute atomic E-state index is 0.0251. The Morgan fingerprint density at radius 2 is 1.92 bits per heavy atom. The lowest BCUT2D eigenvalue weighted by atomic mass is 10.1. The molecule has 0 saturated heterocycles. The van der Waals surface area contributed by atoms with Gasteiger partial charge in [-0.3, -0.25) is 9.78 Å². The average Bonchev–Trinajstić information content (AvgIpc) is 3.04. The van der Waals surface area contributed by atoms with Gasteiger partial charge in [0, 0.05) is 17.3 Å². The Morgan fingerprint density at radius 3 is 2.62 bits per heavy atom. The van der Waals surface area contributed by atoms with E-state index >= 15 is 0 Å². The van der Waals surface area contributed by atoms with Gasteiger partial charge in [-0.1, -0.05) is 23.4 Å². The molecule has 0 aliphatic rings. The largest absolute Gasteiger partial charge is 0.417 e. The van der Waals surface area contributed by atoms with E-state index in [1.807, 2.05) is 0 Å². The molecule has 0 saturated carbocycles. The number of nitrogens with zero attached hydrogens (tertiary/aromatic N) is 3. The molecule has 9 heteroatoms. The number of amides is 1. The Morgan fingerprint density at radius 1 is 1.17 bits per heavy atom. The third kappa shape index (κ3) is 2.96. The molecule has 3 rings (SSSR count). The summed E-state index contributed by atoms with van der Waals surface area (Å²) in [6, 6.07) is 7.68. The first kappa shape index (κ1) is 15.7. The molecule has 0 aliphatic heterocycles. The second-order valence-corrected chi connectivity index (χ2v) is 4.76. The summed E-state index contributed by atoms with van der Waals surface area (Å²) in [7, 11) is 0. The Bertz CT molecular complexity index is 905. The molecule has 24 heavy (non-hydrogen) atoms. The lowest BCUT2D eigenvalue weighted by molar-refractivity contribution is -0.137. The van der Waals surface area contributed by atoms with Crippen molar-refractivity contribution in [1.82, 2.24) is 15.1 Å². The van der Waals surface area contributed by atoms with Gasteiger partial charge >= 0.3 is 6.18 Å². The maximum atomic E-state index is 13.1. The lowest BCUT2D eigenvalue weighted by Gasteiger charge is -2.09. The molecule has 2 aromatic heterocycles. The lowest BCUT2D eigenvalue weighted by Crippen LogP contribution is -2.12.